The third-order valence-electron chi connectivity index (χ3n) is 4.04. The molecule has 0 saturated carbocycles. The molecular formula is C18H19ClN4O2. The lowest BCUT2D eigenvalue weighted by atomic mass is 9.75. The molecule has 0 aliphatic heterocycles. The van der Waals surface area contributed by atoms with Crippen molar-refractivity contribution >= 4 is 35.1 Å². The minimum atomic E-state index is -0.469. The fourth-order valence-electron chi connectivity index (χ4n) is 3.05. The Hall–Kier alpha value is -2.47. The van der Waals surface area contributed by atoms with Crippen LogP contribution in [0.5, 0.6) is 0 Å². The molecule has 0 radical (unpaired) electrons. The maximum absolute atomic E-state index is 12.3. The first kappa shape index (κ1) is 17.4. The van der Waals surface area contributed by atoms with Crippen molar-refractivity contribution in [3.63, 3.8) is 0 Å². The Morgan fingerprint density at radius 1 is 1.20 bits per heavy atom. The Balaban J connectivity index is 1.81. The van der Waals surface area contributed by atoms with Gasteiger partial charge in [0.25, 0.3) is 0 Å². The molecule has 130 valence electrons. The fraction of sp³-hybridized carbons (Fsp3) is 0.333. The number of carbonyl (C=O) groups excluding carboxylic acids is 2. The third-order valence-corrected chi connectivity index (χ3v) is 4.27. The molecule has 25 heavy (non-hydrogen) atoms. The van der Waals surface area contributed by atoms with E-state index in [9.17, 15) is 9.59 Å². The van der Waals surface area contributed by atoms with Crippen LogP contribution < -0.4 is 10.6 Å². The summed E-state index contributed by atoms with van der Waals surface area (Å²) >= 11 is 5.90. The summed E-state index contributed by atoms with van der Waals surface area (Å²) in [5.74, 6) is 0.236. The van der Waals surface area contributed by atoms with Crippen LogP contribution >= 0.6 is 11.6 Å². The predicted octanol–water partition coefficient (Wildman–Crippen LogP) is 4.24. The van der Waals surface area contributed by atoms with Crippen molar-refractivity contribution in [3.8, 4) is 0 Å². The Labute approximate surface area is 151 Å². The molecule has 0 atom stereocenters. The lowest BCUT2D eigenvalue weighted by Crippen LogP contribution is -2.30. The first-order chi connectivity index (χ1) is 11.7. The standard InChI is InChI=1S/C18H19ClN4O2/c1-10-15-13(8-18(2,3)9-14(15)24)22-16(20-10)23-17(25)21-12-6-4-5-11(19)7-12/h4-7H,8-9H2,1-3H3,(H2,20,21,22,23,25). The van der Waals surface area contributed by atoms with Gasteiger partial charge < -0.3 is 5.32 Å². The Kier molecular flexibility index (Phi) is 4.47. The van der Waals surface area contributed by atoms with E-state index in [-0.39, 0.29) is 17.1 Å². The van der Waals surface area contributed by atoms with Gasteiger partial charge in [0.05, 0.1) is 17.0 Å². The van der Waals surface area contributed by atoms with E-state index in [0.717, 1.165) is 0 Å². The second-order valence-electron chi connectivity index (χ2n) is 6.98. The van der Waals surface area contributed by atoms with Crippen LogP contribution in [0.3, 0.4) is 0 Å². The van der Waals surface area contributed by atoms with Crippen LogP contribution in [-0.2, 0) is 6.42 Å². The number of aromatic nitrogens is 2. The van der Waals surface area contributed by atoms with Crippen LogP contribution in [0.25, 0.3) is 0 Å². The third kappa shape index (κ3) is 3.96. The Morgan fingerprint density at radius 2 is 1.96 bits per heavy atom. The number of urea groups is 1. The number of nitrogens with zero attached hydrogens (tertiary/aromatic N) is 2. The maximum Gasteiger partial charge on any atom is 0.326 e. The van der Waals surface area contributed by atoms with Gasteiger partial charge in [0.1, 0.15) is 0 Å². The van der Waals surface area contributed by atoms with Crippen molar-refractivity contribution in [2.75, 3.05) is 10.6 Å². The summed E-state index contributed by atoms with van der Waals surface area (Å²) in [6.45, 7) is 5.82. The number of carbonyl (C=O) groups is 2. The summed E-state index contributed by atoms with van der Waals surface area (Å²) in [6.07, 6.45) is 1.15. The molecule has 7 heteroatoms. The highest BCUT2D eigenvalue weighted by Gasteiger charge is 2.33. The van der Waals surface area contributed by atoms with E-state index in [2.05, 4.69) is 20.6 Å². The van der Waals surface area contributed by atoms with Crippen molar-refractivity contribution in [1.29, 1.82) is 0 Å². The minimum absolute atomic E-state index is 0.0543. The second-order valence-corrected chi connectivity index (χ2v) is 7.42. The normalized spacial score (nSPS) is 15.4. The van der Waals surface area contributed by atoms with Crippen LogP contribution in [0.15, 0.2) is 24.3 Å². The van der Waals surface area contributed by atoms with Crippen LogP contribution in [0.2, 0.25) is 5.02 Å². The lowest BCUT2D eigenvalue weighted by molar-refractivity contribution is 0.0909. The van der Waals surface area contributed by atoms with Crippen LogP contribution in [0, 0.1) is 12.3 Å². The largest absolute Gasteiger partial charge is 0.326 e. The Bertz CT molecular complexity index is 864. The molecule has 2 amide bonds. The summed E-state index contributed by atoms with van der Waals surface area (Å²) in [5.41, 5.74) is 2.28. The molecule has 6 nitrogen and oxygen atoms in total. The van der Waals surface area contributed by atoms with Gasteiger partial charge in [-0.2, -0.15) is 0 Å². The number of fused-ring (bicyclic) bond motifs is 1. The van der Waals surface area contributed by atoms with Gasteiger partial charge in [-0.1, -0.05) is 31.5 Å². The van der Waals surface area contributed by atoms with Crippen LogP contribution in [0.1, 0.15) is 42.0 Å². The minimum Gasteiger partial charge on any atom is -0.308 e. The topological polar surface area (TPSA) is 84.0 Å². The first-order valence-corrected chi connectivity index (χ1v) is 8.36. The van der Waals surface area contributed by atoms with Crippen LogP contribution in [0.4, 0.5) is 16.4 Å². The monoisotopic (exact) mass is 358 g/mol. The van der Waals surface area contributed by atoms with Gasteiger partial charge in [0, 0.05) is 17.1 Å². The fourth-order valence-corrected chi connectivity index (χ4v) is 3.24. The predicted molar refractivity (Wildman–Crippen MR) is 97.3 cm³/mol. The van der Waals surface area contributed by atoms with E-state index < -0.39 is 6.03 Å². The molecule has 0 bridgehead atoms. The highest BCUT2D eigenvalue weighted by atomic mass is 35.5. The number of rotatable bonds is 2. The molecule has 1 aliphatic carbocycles. The van der Waals surface area contributed by atoms with Crippen molar-refractivity contribution < 1.29 is 9.59 Å². The number of amides is 2. The van der Waals surface area contributed by atoms with Gasteiger partial charge in [-0.3, -0.25) is 10.1 Å². The molecule has 1 heterocycles. The maximum atomic E-state index is 12.3. The van der Waals surface area contributed by atoms with E-state index in [1.165, 1.54) is 0 Å². The quantitative estimate of drug-likeness (QED) is 0.841. The first-order valence-electron chi connectivity index (χ1n) is 7.98. The number of hydrogen-bond donors (Lipinski definition) is 2. The van der Waals surface area contributed by atoms with Crippen molar-refractivity contribution in [1.82, 2.24) is 9.97 Å². The van der Waals surface area contributed by atoms with Crippen molar-refractivity contribution in [2.45, 2.75) is 33.6 Å². The number of aryl methyl sites for hydroxylation is 1. The van der Waals surface area contributed by atoms with Gasteiger partial charge >= 0.3 is 6.03 Å². The average molecular weight is 359 g/mol. The van der Waals surface area contributed by atoms with E-state index in [1.54, 1.807) is 31.2 Å². The molecule has 1 aliphatic rings. The van der Waals surface area contributed by atoms with Crippen molar-refractivity contribution in [2.24, 2.45) is 5.41 Å². The number of halogens is 1. The zero-order chi connectivity index (χ0) is 18.2. The molecule has 1 aromatic heterocycles. The smallest absolute Gasteiger partial charge is 0.308 e. The summed E-state index contributed by atoms with van der Waals surface area (Å²) in [7, 11) is 0. The van der Waals surface area contributed by atoms with E-state index in [1.807, 2.05) is 13.8 Å². The second kappa shape index (κ2) is 6.44. The molecule has 2 N–H and O–H groups in total. The van der Waals surface area contributed by atoms with Gasteiger partial charge in [-0.15, -0.1) is 0 Å². The molecule has 1 aromatic carbocycles. The summed E-state index contributed by atoms with van der Waals surface area (Å²) in [4.78, 5) is 33.1. The number of nitrogens with one attached hydrogen (secondary N) is 2. The zero-order valence-corrected chi connectivity index (χ0v) is 15.1. The highest BCUT2D eigenvalue weighted by molar-refractivity contribution is 6.30. The van der Waals surface area contributed by atoms with Gasteiger partial charge in [-0.05, 0) is 37.0 Å². The molecule has 0 fully saturated rings. The number of benzene rings is 1. The summed E-state index contributed by atoms with van der Waals surface area (Å²) < 4.78 is 0. The van der Waals surface area contributed by atoms with E-state index in [4.69, 9.17) is 11.6 Å². The zero-order valence-electron chi connectivity index (χ0n) is 14.3. The van der Waals surface area contributed by atoms with E-state index in [0.29, 0.717) is 40.5 Å². The average Bonchev–Trinajstić information content (AvgIpc) is 2.44. The summed E-state index contributed by atoms with van der Waals surface area (Å²) in [5, 5.41) is 5.82. The van der Waals surface area contributed by atoms with Crippen LogP contribution in [-0.4, -0.2) is 21.8 Å². The molecule has 2 aromatic rings. The molecule has 3 rings (SSSR count). The van der Waals surface area contributed by atoms with E-state index >= 15 is 0 Å². The number of hydrogen-bond acceptors (Lipinski definition) is 4. The number of anilines is 2. The highest BCUT2D eigenvalue weighted by Crippen LogP contribution is 2.35. The number of Topliss-reactive ketones (excluding diaryl/α,β-unsaturated/α-hetero) is 1. The summed E-state index contributed by atoms with van der Waals surface area (Å²) in [6, 6.07) is 6.36. The lowest BCUT2D eigenvalue weighted by Gasteiger charge is -2.30. The Morgan fingerprint density at radius 3 is 2.68 bits per heavy atom. The molecular weight excluding hydrogens is 340 g/mol. The molecule has 0 saturated heterocycles. The molecule has 0 spiro atoms. The SMILES string of the molecule is Cc1nc(NC(=O)Nc2cccc(Cl)c2)nc2c1C(=O)CC(C)(C)C2. The van der Waals surface area contributed by atoms with Crippen molar-refractivity contribution in [3.05, 3.63) is 46.2 Å². The number of ketones is 1. The van der Waals surface area contributed by atoms with Gasteiger partial charge in [-0.25, -0.2) is 14.8 Å². The molecule has 0 unspecified atom stereocenters. The van der Waals surface area contributed by atoms with Gasteiger partial charge in [0.15, 0.2) is 5.78 Å². The van der Waals surface area contributed by atoms with Gasteiger partial charge in [0.2, 0.25) is 5.95 Å².